The quantitative estimate of drug-likeness (QED) is 0.806. The van der Waals surface area contributed by atoms with Gasteiger partial charge in [-0.2, -0.15) is 10.4 Å². The van der Waals surface area contributed by atoms with Crippen LogP contribution in [0.3, 0.4) is 0 Å². The van der Waals surface area contributed by atoms with Crippen LogP contribution in [-0.4, -0.2) is 20.7 Å². The molecule has 0 aliphatic heterocycles. The standard InChI is InChI=1S/C15H11N5OS/c1-10-9-22-15(12(10)8-16)19-14(21)11-3-5-17-13(7-11)20-6-2-4-18-20/h2-7,9H,1H3,(H,19,21). The fraction of sp³-hybridized carbons (Fsp3) is 0.0667. The molecule has 0 saturated carbocycles. The molecule has 1 N–H and O–H groups in total. The molecule has 0 saturated heterocycles. The average Bonchev–Trinajstić information content (AvgIpc) is 3.17. The van der Waals surface area contributed by atoms with Gasteiger partial charge in [-0.3, -0.25) is 4.79 Å². The lowest BCUT2D eigenvalue weighted by Gasteiger charge is -2.05. The van der Waals surface area contributed by atoms with Gasteiger partial charge < -0.3 is 5.32 Å². The molecular formula is C15H11N5OS. The Hall–Kier alpha value is -2.98. The third-order valence-electron chi connectivity index (χ3n) is 3.06. The normalized spacial score (nSPS) is 10.2. The molecule has 3 rings (SSSR count). The number of aryl methyl sites for hydroxylation is 1. The van der Waals surface area contributed by atoms with Gasteiger partial charge in [-0.1, -0.05) is 0 Å². The van der Waals surface area contributed by atoms with E-state index in [1.807, 2.05) is 12.3 Å². The number of hydrogen-bond donors (Lipinski definition) is 1. The van der Waals surface area contributed by atoms with Gasteiger partial charge in [-0.05, 0) is 36.1 Å². The molecule has 0 atom stereocenters. The second-order valence-corrected chi connectivity index (χ2v) is 5.42. The lowest BCUT2D eigenvalue weighted by molar-refractivity contribution is 0.102. The molecular weight excluding hydrogens is 298 g/mol. The molecule has 1 amide bonds. The minimum absolute atomic E-state index is 0.283. The zero-order valence-electron chi connectivity index (χ0n) is 11.6. The van der Waals surface area contributed by atoms with Crippen molar-refractivity contribution in [3.8, 4) is 11.9 Å². The summed E-state index contributed by atoms with van der Waals surface area (Å²) in [5.74, 6) is 0.273. The molecule has 3 aromatic heterocycles. The van der Waals surface area contributed by atoms with Crippen molar-refractivity contribution in [2.24, 2.45) is 0 Å². The van der Waals surface area contributed by atoms with E-state index in [0.717, 1.165) is 5.56 Å². The van der Waals surface area contributed by atoms with Crippen molar-refractivity contribution in [1.29, 1.82) is 5.26 Å². The van der Waals surface area contributed by atoms with Crippen LogP contribution in [0.4, 0.5) is 5.00 Å². The number of nitrogens with one attached hydrogen (secondary N) is 1. The van der Waals surface area contributed by atoms with E-state index >= 15 is 0 Å². The summed E-state index contributed by atoms with van der Waals surface area (Å²) in [5.41, 5.74) is 1.81. The minimum atomic E-state index is -0.283. The van der Waals surface area contributed by atoms with Crippen molar-refractivity contribution >= 4 is 22.2 Å². The minimum Gasteiger partial charge on any atom is -0.312 e. The maximum absolute atomic E-state index is 12.3. The van der Waals surface area contributed by atoms with Crippen LogP contribution in [0.5, 0.6) is 0 Å². The number of nitrogens with zero attached hydrogens (tertiary/aromatic N) is 4. The van der Waals surface area contributed by atoms with E-state index in [9.17, 15) is 4.79 Å². The molecule has 0 aliphatic rings. The summed E-state index contributed by atoms with van der Waals surface area (Å²) in [4.78, 5) is 16.5. The van der Waals surface area contributed by atoms with E-state index in [1.54, 1.807) is 41.5 Å². The summed E-state index contributed by atoms with van der Waals surface area (Å²) >= 11 is 1.34. The van der Waals surface area contributed by atoms with Crippen LogP contribution >= 0.6 is 11.3 Å². The molecule has 0 fully saturated rings. The maximum atomic E-state index is 12.3. The molecule has 0 aromatic carbocycles. The SMILES string of the molecule is Cc1csc(NC(=O)c2ccnc(-n3cccn3)c2)c1C#N. The number of pyridine rings is 1. The van der Waals surface area contributed by atoms with Gasteiger partial charge in [0.1, 0.15) is 11.1 Å². The van der Waals surface area contributed by atoms with Crippen LogP contribution < -0.4 is 5.32 Å². The molecule has 3 heterocycles. The summed E-state index contributed by atoms with van der Waals surface area (Å²) in [5, 5.41) is 18.4. The van der Waals surface area contributed by atoms with Crippen molar-refractivity contribution in [2.75, 3.05) is 5.32 Å². The third-order valence-corrected chi connectivity index (χ3v) is 4.07. The summed E-state index contributed by atoms with van der Waals surface area (Å²) in [6.45, 7) is 1.84. The summed E-state index contributed by atoms with van der Waals surface area (Å²) in [6.07, 6.45) is 4.94. The van der Waals surface area contributed by atoms with Crippen molar-refractivity contribution in [1.82, 2.24) is 14.8 Å². The highest BCUT2D eigenvalue weighted by Crippen LogP contribution is 2.27. The molecule has 3 aromatic rings. The van der Waals surface area contributed by atoms with Crippen LogP contribution in [0.25, 0.3) is 5.82 Å². The van der Waals surface area contributed by atoms with E-state index in [0.29, 0.717) is 21.9 Å². The highest BCUT2D eigenvalue weighted by molar-refractivity contribution is 7.14. The first-order valence-corrected chi connectivity index (χ1v) is 7.32. The smallest absolute Gasteiger partial charge is 0.256 e. The summed E-state index contributed by atoms with van der Waals surface area (Å²) < 4.78 is 1.58. The molecule has 7 heteroatoms. The molecule has 0 radical (unpaired) electrons. The van der Waals surface area contributed by atoms with Gasteiger partial charge in [0.15, 0.2) is 5.82 Å². The average molecular weight is 309 g/mol. The monoisotopic (exact) mass is 309 g/mol. The first kappa shape index (κ1) is 14.0. The van der Waals surface area contributed by atoms with E-state index < -0.39 is 0 Å². The number of amides is 1. The van der Waals surface area contributed by atoms with Gasteiger partial charge in [0.05, 0.1) is 5.56 Å². The molecule has 108 valence electrons. The number of aromatic nitrogens is 3. The number of hydrogen-bond acceptors (Lipinski definition) is 5. The predicted octanol–water partition coefficient (Wildman–Crippen LogP) is 2.76. The lowest BCUT2D eigenvalue weighted by atomic mass is 10.2. The fourth-order valence-electron chi connectivity index (χ4n) is 1.94. The summed E-state index contributed by atoms with van der Waals surface area (Å²) in [6, 6.07) is 7.15. The highest BCUT2D eigenvalue weighted by Gasteiger charge is 2.13. The molecule has 0 spiro atoms. The topological polar surface area (TPSA) is 83.6 Å². The number of carbonyl (C=O) groups is 1. The Bertz CT molecular complexity index is 860. The number of nitriles is 1. The first-order valence-electron chi connectivity index (χ1n) is 6.44. The van der Waals surface area contributed by atoms with Gasteiger partial charge in [0.25, 0.3) is 5.91 Å². The third kappa shape index (κ3) is 2.60. The van der Waals surface area contributed by atoms with Gasteiger partial charge in [0.2, 0.25) is 0 Å². The van der Waals surface area contributed by atoms with Crippen LogP contribution in [0.1, 0.15) is 21.5 Å². The highest BCUT2D eigenvalue weighted by atomic mass is 32.1. The van der Waals surface area contributed by atoms with Crippen molar-refractivity contribution in [3.05, 3.63) is 58.9 Å². The Morgan fingerprint density at radius 1 is 1.45 bits per heavy atom. The number of anilines is 1. The largest absolute Gasteiger partial charge is 0.312 e. The molecule has 0 aliphatic carbocycles. The van der Waals surface area contributed by atoms with E-state index in [1.165, 1.54) is 11.3 Å². The van der Waals surface area contributed by atoms with Crippen molar-refractivity contribution in [2.45, 2.75) is 6.92 Å². The second-order valence-electron chi connectivity index (χ2n) is 4.54. The molecule has 0 unspecified atom stereocenters. The molecule has 6 nitrogen and oxygen atoms in total. The van der Waals surface area contributed by atoms with Crippen molar-refractivity contribution < 1.29 is 4.79 Å². The first-order chi connectivity index (χ1) is 10.7. The van der Waals surface area contributed by atoms with E-state index in [-0.39, 0.29) is 5.91 Å². The van der Waals surface area contributed by atoms with Gasteiger partial charge >= 0.3 is 0 Å². The van der Waals surface area contributed by atoms with Crippen LogP contribution in [0.15, 0.2) is 42.2 Å². The Morgan fingerprint density at radius 3 is 3.05 bits per heavy atom. The van der Waals surface area contributed by atoms with Gasteiger partial charge in [-0.25, -0.2) is 9.67 Å². The number of thiophene rings is 1. The second kappa shape index (κ2) is 5.79. The predicted molar refractivity (Wildman–Crippen MR) is 83.1 cm³/mol. The zero-order chi connectivity index (χ0) is 15.5. The van der Waals surface area contributed by atoms with Crippen LogP contribution in [0, 0.1) is 18.3 Å². The number of carbonyl (C=O) groups excluding carboxylic acids is 1. The Kier molecular flexibility index (Phi) is 3.68. The molecule has 0 bridgehead atoms. The maximum Gasteiger partial charge on any atom is 0.256 e. The van der Waals surface area contributed by atoms with Crippen LogP contribution in [0.2, 0.25) is 0 Å². The fourth-order valence-corrected chi connectivity index (χ4v) is 2.83. The molecule has 22 heavy (non-hydrogen) atoms. The van der Waals surface area contributed by atoms with E-state index in [2.05, 4.69) is 21.5 Å². The van der Waals surface area contributed by atoms with E-state index in [4.69, 9.17) is 5.26 Å². The lowest BCUT2D eigenvalue weighted by Crippen LogP contribution is -2.13. The van der Waals surface area contributed by atoms with Crippen molar-refractivity contribution in [3.63, 3.8) is 0 Å². The van der Waals surface area contributed by atoms with Gasteiger partial charge in [-0.15, -0.1) is 11.3 Å². The van der Waals surface area contributed by atoms with Crippen LogP contribution in [-0.2, 0) is 0 Å². The zero-order valence-corrected chi connectivity index (χ0v) is 12.5. The Balaban J connectivity index is 1.87. The number of rotatable bonds is 3. The Morgan fingerprint density at radius 2 is 2.32 bits per heavy atom. The summed E-state index contributed by atoms with van der Waals surface area (Å²) in [7, 11) is 0. The Labute approximate surface area is 130 Å². The van der Waals surface area contributed by atoms with Gasteiger partial charge in [0, 0.05) is 24.2 Å².